The zero-order chi connectivity index (χ0) is 18.9. The number of benzene rings is 2. The lowest BCUT2D eigenvalue weighted by molar-refractivity contribution is 0.305. The minimum absolute atomic E-state index is 0.391. The van der Waals surface area contributed by atoms with E-state index in [0.29, 0.717) is 18.1 Å². The molecule has 0 aliphatic heterocycles. The molecule has 0 saturated carbocycles. The van der Waals surface area contributed by atoms with E-state index in [4.69, 9.17) is 10.00 Å². The van der Waals surface area contributed by atoms with Crippen LogP contribution in [0.1, 0.15) is 23.6 Å². The third-order valence-electron chi connectivity index (χ3n) is 4.33. The summed E-state index contributed by atoms with van der Waals surface area (Å²) in [5.74, 6) is 1.33. The van der Waals surface area contributed by atoms with E-state index in [0.717, 1.165) is 30.9 Å². The van der Waals surface area contributed by atoms with Crippen LogP contribution in [0.3, 0.4) is 0 Å². The Hall–Kier alpha value is -3.10. The summed E-state index contributed by atoms with van der Waals surface area (Å²) in [6, 6.07) is 17.8. The van der Waals surface area contributed by atoms with Crippen molar-refractivity contribution in [2.75, 3.05) is 6.54 Å². The molecule has 2 aromatic carbocycles. The standard InChI is InChI=1S/C22H24N4O/c1-18(15-26-10-9-24-17-26)13-25-14-19-5-4-8-22(11-19)27-16-21-7-3-2-6-20(21)12-23/h2-11,17-18,25H,13-16H2,1H3. The summed E-state index contributed by atoms with van der Waals surface area (Å²) in [6.45, 7) is 5.29. The van der Waals surface area contributed by atoms with Crippen molar-refractivity contribution < 1.29 is 4.74 Å². The maximum absolute atomic E-state index is 9.16. The minimum atomic E-state index is 0.391. The molecule has 1 unspecified atom stereocenters. The monoisotopic (exact) mass is 360 g/mol. The van der Waals surface area contributed by atoms with Crippen LogP contribution in [0, 0.1) is 17.2 Å². The Morgan fingerprint density at radius 2 is 2.11 bits per heavy atom. The lowest BCUT2D eigenvalue weighted by Gasteiger charge is -2.14. The summed E-state index contributed by atoms with van der Waals surface area (Å²) >= 11 is 0. The number of nitrogens with zero attached hydrogens (tertiary/aromatic N) is 3. The van der Waals surface area contributed by atoms with Crippen molar-refractivity contribution in [3.05, 3.63) is 83.9 Å². The number of hydrogen-bond acceptors (Lipinski definition) is 4. The molecule has 1 N–H and O–H groups in total. The van der Waals surface area contributed by atoms with Gasteiger partial charge in [-0.3, -0.25) is 0 Å². The molecule has 1 atom stereocenters. The van der Waals surface area contributed by atoms with Crippen LogP contribution in [0.25, 0.3) is 0 Å². The van der Waals surface area contributed by atoms with E-state index in [1.807, 2.05) is 55.0 Å². The maximum atomic E-state index is 9.16. The molecule has 3 rings (SSSR count). The smallest absolute Gasteiger partial charge is 0.120 e. The van der Waals surface area contributed by atoms with Gasteiger partial charge in [-0.05, 0) is 36.2 Å². The van der Waals surface area contributed by atoms with E-state index in [9.17, 15) is 0 Å². The molecule has 1 aromatic heterocycles. The number of rotatable bonds is 9. The number of imidazole rings is 1. The Kier molecular flexibility index (Phi) is 6.61. The predicted molar refractivity (Wildman–Crippen MR) is 105 cm³/mol. The predicted octanol–water partition coefficient (Wildman–Crippen LogP) is 3.76. The number of aromatic nitrogens is 2. The molecule has 3 aromatic rings. The van der Waals surface area contributed by atoms with Crippen molar-refractivity contribution in [3.8, 4) is 11.8 Å². The summed E-state index contributed by atoms with van der Waals surface area (Å²) in [5.41, 5.74) is 2.73. The van der Waals surface area contributed by atoms with Crippen LogP contribution in [0.2, 0.25) is 0 Å². The van der Waals surface area contributed by atoms with Gasteiger partial charge in [0.2, 0.25) is 0 Å². The molecule has 0 amide bonds. The van der Waals surface area contributed by atoms with Gasteiger partial charge in [0.15, 0.2) is 0 Å². The SMILES string of the molecule is CC(CNCc1cccc(OCc2ccccc2C#N)c1)Cn1ccnc1. The van der Waals surface area contributed by atoms with E-state index in [1.54, 1.807) is 6.20 Å². The summed E-state index contributed by atoms with van der Waals surface area (Å²) < 4.78 is 7.98. The molecular weight excluding hydrogens is 336 g/mol. The van der Waals surface area contributed by atoms with Gasteiger partial charge in [-0.15, -0.1) is 0 Å². The number of hydrogen-bond donors (Lipinski definition) is 1. The third kappa shape index (κ3) is 5.70. The summed E-state index contributed by atoms with van der Waals surface area (Å²) in [5, 5.41) is 12.7. The van der Waals surface area contributed by atoms with Crippen LogP contribution in [0.4, 0.5) is 0 Å². The van der Waals surface area contributed by atoms with E-state index >= 15 is 0 Å². The fourth-order valence-corrected chi connectivity index (χ4v) is 2.94. The average Bonchev–Trinajstić information content (AvgIpc) is 3.20. The highest BCUT2D eigenvalue weighted by molar-refractivity contribution is 5.37. The second kappa shape index (κ2) is 9.56. The van der Waals surface area contributed by atoms with Gasteiger partial charge < -0.3 is 14.6 Å². The average molecular weight is 360 g/mol. The molecule has 5 heteroatoms. The Labute approximate surface area is 160 Å². The van der Waals surface area contributed by atoms with Gasteiger partial charge in [0, 0.05) is 31.0 Å². The molecule has 0 aliphatic carbocycles. The Bertz CT molecular complexity index is 883. The van der Waals surface area contributed by atoms with Crippen LogP contribution >= 0.6 is 0 Å². The second-order valence-electron chi connectivity index (χ2n) is 6.70. The van der Waals surface area contributed by atoms with Gasteiger partial charge in [0.25, 0.3) is 0 Å². The largest absolute Gasteiger partial charge is 0.489 e. The van der Waals surface area contributed by atoms with Crippen molar-refractivity contribution in [1.82, 2.24) is 14.9 Å². The van der Waals surface area contributed by atoms with Crippen molar-refractivity contribution in [2.24, 2.45) is 5.92 Å². The highest BCUT2D eigenvalue weighted by Gasteiger charge is 2.05. The number of nitriles is 1. The highest BCUT2D eigenvalue weighted by atomic mass is 16.5. The quantitative estimate of drug-likeness (QED) is 0.631. The molecule has 0 saturated heterocycles. The highest BCUT2D eigenvalue weighted by Crippen LogP contribution is 2.17. The number of nitrogens with one attached hydrogen (secondary N) is 1. The van der Waals surface area contributed by atoms with Gasteiger partial charge in [-0.1, -0.05) is 37.3 Å². The van der Waals surface area contributed by atoms with Crippen molar-refractivity contribution in [3.63, 3.8) is 0 Å². The first kappa shape index (κ1) is 18.7. The lowest BCUT2D eigenvalue weighted by Crippen LogP contribution is -2.23. The molecule has 5 nitrogen and oxygen atoms in total. The second-order valence-corrected chi connectivity index (χ2v) is 6.70. The fraction of sp³-hybridized carbons (Fsp3) is 0.273. The van der Waals surface area contributed by atoms with Gasteiger partial charge >= 0.3 is 0 Å². The van der Waals surface area contributed by atoms with Crippen LogP contribution < -0.4 is 10.1 Å². The summed E-state index contributed by atoms with van der Waals surface area (Å²) in [7, 11) is 0. The Morgan fingerprint density at radius 3 is 2.93 bits per heavy atom. The lowest BCUT2D eigenvalue weighted by atomic mass is 10.1. The first-order valence-electron chi connectivity index (χ1n) is 9.11. The van der Waals surface area contributed by atoms with E-state index < -0.39 is 0 Å². The van der Waals surface area contributed by atoms with E-state index in [2.05, 4.69) is 33.9 Å². The molecule has 0 bridgehead atoms. The van der Waals surface area contributed by atoms with Crippen molar-refractivity contribution in [1.29, 1.82) is 5.26 Å². The zero-order valence-corrected chi connectivity index (χ0v) is 15.5. The molecular formula is C22H24N4O. The summed E-state index contributed by atoms with van der Waals surface area (Å²) in [6.07, 6.45) is 5.64. The summed E-state index contributed by atoms with van der Waals surface area (Å²) in [4.78, 5) is 4.07. The minimum Gasteiger partial charge on any atom is -0.489 e. The van der Waals surface area contributed by atoms with Crippen LogP contribution in [0.5, 0.6) is 5.75 Å². The van der Waals surface area contributed by atoms with E-state index in [-0.39, 0.29) is 0 Å². The van der Waals surface area contributed by atoms with Crippen LogP contribution in [-0.4, -0.2) is 16.1 Å². The fourth-order valence-electron chi connectivity index (χ4n) is 2.94. The zero-order valence-electron chi connectivity index (χ0n) is 15.5. The van der Waals surface area contributed by atoms with Gasteiger partial charge in [-0.25, -0.2) is 4.98 Å². The van der Waals surface area contributed by atoms with Crippen LogP contribution in [0.15, 0.2) is 67.3 Å². The first-order chi connectivity index (χ1) is 13.2. The number of ether oxygens (including phenoxy) is 1. The maximum Gasteiger partial charge on any atom is 0.120 e. The molecule has 0 aliphatic rings. The third-order valence-corrected chi connectivity index (χ3v) is 4.33. The molecule has 0 spiro atoms. The molecule has 138 valence electrons. The van der Waals surface area contributed by atoms with Gasteiger partial charge in [-0.2, -0.15) is 5.26 Å². The van der Waals surface area contributed by atoms with Crippen LogP contribution in [-0.2, 0) is 19.7 Å². The Morgan fingerprint density at radius 1 is 1.22 bits per heavy atom. The molecule has 0 fully saturated rings. The first-order valence-corrected chi connectivity index (χ1v) is 9.11. The Balaban J connectivity index is 1.48. The van der Waals surface area contributed by atoms with Gasteiger partial charge in [0.1, 0.15) is 12.4 Å². The molecule has 1 heterocycles. The van der Waals surface area contributed by atoms with Gasteiger partial charge in [0.05, 0.1) is 18.0 Å². The van der Waals surface area contributed by atoms with Crippen molar-refractivity contribution in [2.45, 2.75) is 26.6 Å². The normalized spacial score (nSPS) is 11.7. The topological polar surface area (TPSA) is 62.9 Å². The molecule has 0 radical (unpaired) electrons. The van der Waals surface area contributed by atoms with E-state index in [1.165, 1.54) is 5.56 Å². The molecule has 27 heavy (non-hydrogen) atoms. The van der Waals surface area contributed by atoms with Crippen molar-refractivity contribution >= 4 is 0 Å².